The van der Waals surface area contributed by atoms with Crippen LogP contribution in [0.1, 0.15) is 6.92 Å². The first-order chi connectivity index (χ1) is 14.4. The molecule has 0 saturated heterocycles. The van der Waals surface area contributed by atoms with Crippen LogP contribution in [-0.4, -0.2) is 17.0 Å². The number of oxazole rings is 1. The van der Waals surface area contributed by atoms with E-state index in [1.807, 2.05) is 12.1 Å². The maximum Gasteiger partial charge on any atom is 0.265 e. The summed E-state index contributed by atoms with van der Waals surface area (Å²) in [4.78, 5) is 17.0. The number of fused-ring (bicyclic) bond motifs is 1. The number of nitrogens with zero attached hydrogens (tertiary/aromatic N) is 1. The number of hydrogen-bond acceptors (Lipinski definition) is 4. The van der Waals surface area contributed by atoms with Crippen molar-refractivity contribution in [3.05, 3.63) is 75.7 Å². The Kier molecular flexibility index (Phi) is 5.86. The van der Waals surface area contributed by atoms with Gasteiger partial charge in [0.05, 0.1) is 5.02 Å². The van der Waals surface area contributed by atoms with Crippen LogP contribution >= 0.6 is 34.8 Å². The number of benzene rings is 3. The molecule has 1 N–H and O–H groups in total. The lowest BCUT2D eigenvalue weighted by molar-refractivity contribution is -0.122. The van der Waals surface area contributed by atoms with Crippen molar-refractivity contribution in [2.24, 2.45) is 0 Å². The van der Waals surface area contributed by atoms with Gasteiger partial charge in [-0.2, -0.15) is 0 Å². The molecule has 4 aromatic rings. The van der Waals surface area contributed by atoms with E-state index in [-0.39, 0.29) is 5.91 Å². The van der Waals surface area contributed by atoms with Gasteiger partial charge in [-0.15, -0.1) is 0 Å². The maximum atomic E-state index is 12.5. The monoisotopic (exact) mass is 460 g/mol. The molecule has 0 aliphatic rings. The molecule has 30 heavy (non-hydrogen) atoms. The second-order valence-corrected chi connectivity index (χ2v) is 7.82. The molecule has 0 spiro atoms. The first-order valence-corrected chi connectivity index (χ1v) is 10.1. The van der Waals surface area contributed by atoms with E-state index in [4.69, 9.17) is 44.0 Å². The lowest BCUT2D eigenvalue weighted by Gasteiger charge is -2.15. The minimum atomic E-state index is -0.779. The minimum absolute atomic E-state index is 0.333. The maximum absolute atomic E-state index is 12.5. The Morgan fingerprint density at radius 1 is 1.03 bits per heavy atom. The number of rotatable bonds is 5. The molecule has 0 aliphatic heterocycles. The van der Waals surface area contributed by atoms with Crippen molar-refractivity contribution >= 4 is 57.5 Å². The van der Waals surface area contributed by atoms with Crippen LogP contribution in [0.3, 0.4) is 0 Å². The summed E-state index contributed by atoms with van der Waals surface area (Å²) in [6, 6.07) is 17.3. The fourth-order valence-corrected chi connectivity index (χ4v) is 3.45. The van der Waals surface area contributed by atoms with Crippen LogP contribution in [0.2, 0.25) is 15.1 Å². The van der Waals surface area contributed by atoms with E-state index < -0.39 is 6.10 Å². The van der Waals surface area contributed by atoms with E-state index >= 15 is 0 Å². The van der Waals surface area contributed by atoms with Gasteiger partial charge in [-0.3, -0.25) is 4.79 Å². The minimum Gasteiger partial charge on any atom is -0.479 e. The van der Waals surface area contributed by atoms with E-state index in [9.17, 15) is 4.79 Å². The third-order valence-electron chi connectivity index (χ3n) is 4.29. The van der Waals surface area contributed by atoms with Crippen molar-refractivity contribution in [3.8, 4) is 17.2 Å². The van der Waals surface area contributed by atoms with Gasteiger partial charge < -0.3 is 14.5 Å². The number of amides is 1. The topological polar surface area (TPSA) is 64.4 Å². The normalized spacial score (nSPS) is 12.0. The summed E-state index contributed by atoms with van der Waals surface area (Å²) in [6.07, 6.45) is -0.779. The summed E-state index contributed by atoms with van der Waals surface area (Å²) < 4.78 is 11.4. The molecule has 1 atom stereocenters. The van der Waals surface area contributed by atoms with Gasteiger partial charge >= 0.3 is 0 Å². The van der Waals surface area contributed by atoms with Crippen molar-refractivity contribution < 1.29 is 13.9 Å². The fourth-order valence-electron chi connectivity index (χ4n) is 2.81. The van der Waals surface area contributed by atoms with E-state index in [2.05, 4.69) is 10.3 Å². The zero-order valence-corrected chi connectivity index (χ0v) is 17.9. The summed E-state index contributed by atoms with van der Waals surface area (Å²) in [6.45, 7) is 1.63. The lowest BCUT2D eigenvalue weighted by Crippen LogP contribution is -2.30. The second-order valence-electron chi connectivity index (χ2n) is 6.54. The van der Waals surface area contributed by atoms with Crippen LogP contribution in [0.15, 0.2) is 65.1 Å². The van der Waals surface area contributed by atoms with Crippen LogP contribution in [0.25, 0.3) is 22.6 Å². The molecule has 0 saturated carbocycles. The van der Waals surface area contributed by atoms with Gasteiger partial charge in [-0.25, -0.2) is 4.98 Å². The zero-order valence-electron chi connectivity index (χ0n) is 15.7. The van der Waals surface area contributed by atoms with Gasteiger partial charge in [0.25, 0.3) is 5.91 Å². The first kappa shape index (κ1) is 20.5. The van der Waals surface area contributed by atoms with Crippen molar-refractivity contribution in [1.82, 2.24) is 4.98 Å². The molecule has 0 aliphatic carbocycles. The number of aromatic nitrogens is 1. The van der Waals surface area contributed by atoms with Crippen LogP contribution in [0.4, 0.5) is 5.69 Å². The molecule has 1 heterocycles. The Hall–Kier alpha value is -2.73. The zero-order chi connectivity index (χ0) is 21.3. The van der Waals surface area contributed by atoms with Crippen molar-refractivity contribution in [3.63, 3.8) is 0 Å². The average molecular weight is 462 g/mol. The molecule has 1 amide bonds. The SMILES string of the molecule is CC(Oc1ccc(Cl)cc1Cl)C(=O)Nc1ccc2oc(-c3cccc(Cl)c3)nc2c1. The Morgan fingerprint density at radius 2 is 1.83 bits per heavy atom. The van der Waals surface area contributed by atoms with Gasteiger partial charge in [0, 0.05) is 21.3 Å². The van der Waals surface area contributed by atoms with Gasteiger partial charge in [0.15, 0.2) is 11.7 Å². The van der Waals surface area contributed by atoms with E-state index in [1.54, 1.807) is 55.5 Å². The predicted octanol–water partition coefficient (Wildman–Crippen LogP) is 6.86. The number of hydrogen-bond donors (Lipinski definition) is 1. The van der Waals surface area contributed by atoms with E-state index in [0.29, 0.717) is 43.5 Å². The fraction of sp³-hybridized carbons (Fsp3) is 0.0909. The van der Waals surface area contributed by atoms with E-state index in [1.165, 1.54) is 0 Å². The summed E-state index contributed by atoms with van der Waals surface area (Å²) >= 11 is 18.0. The smallest absolute Gasteiger partial charge is 0.265 e. The molecule has 3 aromatic carbocycles. The van der Waals surface area contributed by atoms with Crippen LogP contribution in [0.5, 0.6) is 5.75 Å². The van der Waals surface area contributed by atoms with Gasteiger partial charge in [0.1, 0.15) is 11.3 Å². The highest BCUT2D eigenvalue weighted by atomic mass is 35.5. The predicted molar refractivity (Wildman–Crippen MR) is 120 cm³/mol. The Balaban J connectivity index is 1.49. The largest absolute Gasteiger partial charge is 0.479 e. The van der Waals surface area contributed by atoms with Crippen LogP contribution in [0, 0.1) is 0 Å². The number of ether oxygens (including phenoxy) is 1. The second kappa shape index (κ2) is 8.56. The molecule has 5 nitrogen and oxygen atoms in total. The molecule has 0 radical (unpaired) electrons. The summed E-state index contributed by atoms with van der Waals surface area (Å²) in [7, 11) is 0. The van der Waals surface area contributed by atoms with Crippen molar-refractivity contribution in [1.29, 1.82) is 0 Å². The molecule has 0 bridgehead atoms. The molecular formula is C22H15Cl3N2O3. The lowest BCUT2D eigenvalue weighted by atomic mass is 10.2. The number of carbonyl (C=O) groups is 1. The third kappa shape index (κ3) is 4.54. The molecule has 152 valence electrons. The first-order valence-electron chi connectivity index (χ1n) is 8.98. The molecule has 0 fully saturated rings. The number of carbonyl (C=O) groups excluding carboxylic acids is 1. The van der Waals surface area contributed by atoms with Crippen molar-refractivity contribution in [2.75, 3.05) is 5.32 Å². The van der Waals surface area contributed by atoms with Crippen LogP contribution < -0.4 is 10.1 Å². The molecule has 1 aromatic heterocycles. The number of anilines is 1. The third-order valence-corrected chi connectivity index (χ3v) is 5.06. The highest BCUT2D eigenvalue weighted by molar-refractivity contribution is 6.35. The molecule has 1 unspecified atom stereocenters. The number of nitrogens with one attached hydrogen (secondary N) is 1. The Bertz CT molecular complexity index is 1240. The van der Waals surface area contributed by atoms with Crippen LogP contribution in [-0.2, 0) is 4.79 Å². The van der Waals surface area contributed by atoms with Crippen molar-refractivity contribution in [2.45, 2.75) is 13.0 Å². The van der Waals surface area contributed by atoms with E-state index in [0.717, 1.165) is 5.56 Å². The summed E-state index contributed by atoms with van der Waals surface area (Å²) in [5.41, 5.74) is 2.54. The quantitative estimate of drug-likeness (QED) is 0.352. The van der Waals surface area contributed by atoms with Gasteiger partial charge in [-0.1, -0.05) is 40.9 Å². The van der Waals surface area contributed by atoms with Gasteiger partial charge in [0.2, 0.25) is 5.89 Å². The summed E-state index contributed by atoms with van der Waals surface area (Å²) in [5, 5.41) is 4.22. The molecule has 8 heteroatoms. The molecule has 4 rings (SSSR count). The van der Waals surface area contributed by atoms with Gasteiger partial charge in [-0.05, 0) is 61.5 Å². The summed E-state index contributed by atoms with van der Waals surface area (Å²) in [5.74, 6) is 0.491. The standard InChI is InChI=1S/C22H15Cl3N2O3/c1-12(29-19-7-5-15(24)10-17(19)25)21(28)26-16-6-8-20-18(11-16)27-22(30-20)13-3-2-4-14(23)9-13/h2-12H,1H3,(H,26,28). The number of halogens is 3. The Morgan fingerprint density at radius 3 is 2.60 bits per heavy atom. The average Bonchev–Trinajstić information content (AvgIpc) is 3.13. The Labute approximate surface area is 187 Å². The highest BCUT2D eigenvalue weighted by Gasteiger charge is 2.17. The highest BCUT2D eigenvalue weighted by Crippen LogP contribution is 2.29. The molecular weight excluding hydrogens is 447 g/mol.